The molecule has 4 heteroatoms. The summed E-state index contributed by atoms with van der Waals surface area (Å²) in [5.74, 6) is -1.04. The molecule has 1 aliphatic rings. The van der Waals surface area contributed by atoms with E-state index in [1.54, 1.807) is 6.07 Å². The van der Waals surface area contributed by atoms with Crippen molar-refractivity contribution < 1.29 is 19.0 Å². The van der Waals surface area contributed by atoms with Crippen LogP contribution >= 0.6 is 0 Å². The summed E-state index contributed by atoms with van der Waals surface area (Å²) < 4.78 is 19.1. The third-order valence-electron chi connectivity index (χ3n) is 2.55. The van der Waals surface area contributed by atoms with Crippen LogP contribution in [0.15, 0.2) is 18.2 Å². The topological polar surface area (TPSA) is 46.5 Å². The molecule has 0 aliphatic carbocycles. The number of aromatic carboxylic acids is 1. The predicted molar refractivity (Wildman–Crippen MR) is 51.5 cm³/mol. The summed E-state index contributed by atoms with van der Waals surface area (Å²) in [6.45, 7) is 1.72. The van der Waals surface area contributed by atoms with Gasteiger partial charge in [0.1, 0.15) is 0 Å². The van der Waals surface area contributed by atoms with Crippen LogP contribution in [0.2, 0.25) is 0 Å². The summed E-state index contributed by atoms with van der Waals surface area (Å²) in [6.07, 6.45) is 0. The lowest BCUT2D eigenvalue weighted by atomic mass is 9.90. The van der Waals surface area contributed by atoms with Crippen molar-refractivity contribution in [2.24, 2.45) is 0 Å². The van der Waals surface area contributed by atoms with Crippen LogP contribution in [0, 0.1) is 0 Å². The van der Waals surface area contributed by atoms with E-state index in [2.05, 4.69) is 0 Å². The summed E-state index contributed by atoms with van der Waals surface area (Å²) in [4.78, 5) is 10.7. The second kappa shape index (κ2) is 3.31. The molecule has 0 aromatic heterocycles. The number of alkyl halides is 1. The largest absolute Gasteiger partial charge is 0.478 e. The fourth-order valence-electron chi connectivity index (χ4n) is 1.75. The number of rotatable bonds is 1. The van der Waals surface area contributed by atoms with Gasteiger partial charge in [0.05, 0.1) is 18.8 Å². The molecule has 1 aromatic rings. The summed E-state index contributed by atoms with van der Waals surface area (Å²) in [5.41, 5.74) is -0.344. The highest BCUT2D eigenvalue weighted by Gasteiger charge is 2.33. The van der Waals surface area contributed by atoms with E-state index >= 15 is 0 Å². The van der Waals surface area contributed by atoms with E-state index in [9.17, 15) is 9.18 Å². The molecule has 0 amide bonds. The number of ether oxygens (including phenoxy) is 1. The van der Waals surface area contributed by atoms with Gasteiger partial charge in [0.25, 0.3) is 0 Å². The Morgan fingerprint density at radius 3 is 3.00 bits per heavy atom. The molecule has 1 unspecified atom stereocenters. The van der Waals surface area contributed by atoms with Gasteiger partial charge < -0.3 is 9.84 Å². The number of carbonyl (C=O) groups is 1. The second-order valence-corrected chi connectivity index (χ2v) is 3.87. The zero-order valence-electron chi connectivity index (χ0n) is 8.29. The lowest BCUT2D eigenvalue weighted by molar-refractivity contribution is -0.00470. The van der Waals surface area contributed by atoms with Crippen LogP contribution in [0.25, 0.3) is 0 Å². The van der Waals surface area contributed by atoms with Gasteiger partial charge >= 0.3 is 5.97 Å². The van der Waals surface area contributed by atoms with Crippen LogP contribution in [0.1, 0.15) is 28.4 Å². The highest BCUT2D eigenvalue weighted by atomic mass is 19.1. The molecule has 80 valence electrons. The number of benzene rings is 1. The number of hydrogen-bond donors (Lipinski definition) is 1. The van der Waals surface area contributed by atoms with E-state index in [-0.39, 0.29) is 12.2 Å². The highest BCUT2D eigenvalue weighted by molar-refractivity contribution is 5.88. The second-order valence-electron chi connectivity index (χ2n) is 3.87. The van der Waals surface area contributed by atoms with Crippen molar-refractivity contribution in [2.75, 3.05) is 6.61 Å². The molecule has 0 radical (unpaired) electrons. The minimum absolute atomic E-state index is 0.0247. The molecule has 1 atom stereocenters. The van der Waals surface area contributed by atoms with Crippen molar-refractivity contribution in [3.63, 3.8) is 0 Å². The maximum atomic E-state index is 14.0. The van der Waals surface area contributed by atoms with Gasteiger partial charge in [-0.15, -0.1) is 0 Å². The van der Waals surface area contributed by atoms with Crippen LogP contribution in [0.3, 0.4) is 0 Å². The number of fused-ring (bicyclic) bond motifs is 1. The van der Waals surface area contributed by atoms with Crippen LogP contribution in [0.5, 0.6) is 0 Å². The Morgan fingerprint density at radius 2 is 2.33 bits per heavy atom. The SMILES string of the molecule is CC1(F)COCc2ccc(C(=O)O)cc21. The molecule has 0 saturated carbocycles. The Bertz CT molecular complexity index is 412. The molecule has 15 heavy (non-hydrogen) atoms. The first-order valence-corrected chi connectivity index (χ1v) is 4.64. The lowest BCUT2D eigenvalue weighted by Crippen LogP contribution is -2.29. The van der Waals surface area contributed by atoms with Crippen molar-refractivity contribution in [1.29, 1.82) is 0 Å². The lowest BCUT2D eigenvalue weighted by Gasteiger charge is -2.28. The first kappa shape index (κ1) is 10.1. The Balaban J connectivity index is 2.53. The van der Waals surface area contributed by atoms with Gasteiger partial charge in [0.15, 0.2) is 5.67 Å². The first-order valence-electron chi connectivity index (χ1n) is 4.64. The van der Waals surface area contributed by atoms with E-state index in [0.717, 1.165) is 5.56 Å². The number of hydrogen-bond acceptors (Lipinski definition) is 2. The third-order valence-corrected chi connectivity index (χ3v) is 2.55. The molecule has 1 aliphatic heterocycles. The summed E-state index contributed by atoms with van der Waals surface area (Å²) >= 11 is 0. The van der Waals surface area contributed by atoms with Crippen molar-refractivity contribution in [3.05, 3.63) is 34.9 Å². The van der Waals surface area contributed by atoms with Crippen LogP contribution in [0.4, 0.5) is 4.39 Å². The molecular weight excluding hydrogens is 199 g/mol. The quantitative estimate of drug-likeness (QED) is 0.772. The van der Waals surface area contributed by atoms with Crippen LogP contribution in [-0.4, -0.2) is 17.7 Å². The van der Waals surface area contributed by atoms with E-state index < -0.39 is 11.6 Å². The van der Waals surface area contributed by atoms with E-state index in [4.69, 9.17) is 9.84 Å². The first-order chi connectivity index (χ1) is 7.00. The summed E-state index contributed by atoms with van der Waals surface area (Å²) in [7, 11) is 0. The Morgan fingerprint density at radius 1 is 1.60 bits per heavy atom. The average Bonchev–Trinajstić information content (AvgIpc) is 2.17. The number of halogens is 1. The van der Waals surface area contributed by atoms with Crippen molar-refractivity contribution >= 4 is 5.97 Å². The van der Waals surface area contributed by atoms with Gasteiger partial charge in [-0.1, -0.05) is 6.07 Å². The van der Waals surface area contributed by atoms with Gasteiger partial charge in [-0.05, 0) is 30.2 Å². The summed E-state index contributed by atoms with van der Waals surface area (Å²) in [6, 6.07) is 4.46. The van der Waals surface area contributed by atoms with Crippen LogP contribution < -0.4 is 0 Å². The fourth-order valence-corrected chi connectivity index (χ4v) is 1.75. The normalized spacial score (nSPS) is 24.7. The smallest absolute Gasteiger partial charge is 0.335 e. The number of carboxylic acid groups (broad SMARTS) is 1. The Kier molecular flexibility index (Phi) is 2.23. The molecule has 1 aromatic carbocycles. The van der Waals surface area contributed by atoms with E-state index in [1.807, 2.05) is 0 Å². The molecule has 0 spiro atoms. The molecule has 2 rings (SSSR count). The van der Waals surface area contributed by atoms with Crippen molar-refractivity contribution in [2.45, 2.75) is 19.2 Å². The maximum absolute atomic E-state index is 14.0. The molecule has 1 N–H and O–H groups in total. The van der Waals surface area contributed by atoms with E-state index in [1.165, 1.54) is 19.1 Å². The Labute approximate surface area is 86.5 Å². The monoisotopic (exact) mass is 210 g/mol. The minimum atomic E-state index is -1.60. The van der Waals surface area contributed by atoms with Crippen molar-refractivity contribution in [3.8, 4) is 0 Å². The molecule has 0 bridgehead atoms. The molecule has 1 heterocycles. The standard InChI is InChI=1S/C11H11FO3/c1-11(12)6-15-5-8-3-2-7(10(13)14)4-9(8)11/h2-4H,5-6H2,1H3,(H,13,14). The molecular formula is C11H11FO3. The minimum Gasteiger partial charge on any atom is -0.478 e. The van der Waals surface area contributed by atoms with Gasteiger partial charge in [-0.3, -0.25) is 0 Å². The van der Waals surface area contributed by atoms with Gasteiger partial charge in [0.2, 0.25) is 0 Å². The van der Waals surface area contributed by atoms with Gasteiger partial charge in [0, 0.05) is 0 Å². The number of carboxylic acids is 1. The van der Waals surface area contributed by atoms with Gasteiger partial charge in [-0.25, -0.2) is 9.18 Å². The zero-order chi connectivity index (χ0) is 11.1. The average molecular weight is 210 g/mol. The zero-order valence-corrected chi connectivity index (χ0v) is 8.29. The molecule has 0 fully saturated rings. The maximum Gasteiger partial charge on any atom is 0.335 e. The molecule has 0 saturated heterocycles. The van der Waals surface area contributed by atoms with Gasteiger partial charge in [-0.2, -0.15) is 0 Å². The summed E-state index contributed by atoms with van der Waals surface area (Å²) in [5, 5.41) is 8.80. The fraction of sp³-hybridized carbons (Fsp3) is 0.364. The highest BCUT2D eigenvalue weighted by Crippen LogP contribution is 2.34. The third kappa shape index (κ3) is 1.72. The predicted octanol–water partition coefficient (Wildman–Crippen LogP) is 2.10. The van der Waals surface area contributed by atoms with Crippen LogP contribution in [-0.2, 0) is 17.0 Å². The molecule has 3 nitrogen and oxygen atoms in total. The Hall–Kier alpha value is -1.42. The van der Waals surface area contributed by atoms with E-state index in [0.29, 0.717) is 12.2 Å². The van der Waals surface area contributed by atoms with Crippen molar-refractivity contribution in [1.82, 2.24) is 0 Å².